The molecule has 0 aromatic heterocycles. The van der Waals surface area contributed by atoms with Gasteiger partial charge in [-0.2, -0.15) is 0 Å². The van der Waals surface area contributed by atoms with E-state index in [0.717, 1.165) is 28.7 Å². The largest absolute Gasteiger partial charge is 0.354 e. The monoisotopic (exact) mass is 285 g/mol. The molecule has 1 unspecified atom stereocenters. The van der Waals surface area contributed by atoms with Gasteiger partial charge >= 0.3 is 0 Å². The molecule has 0 aliphatic carbocycles. The molecule has 1 atom stereocenters. The van der Waals surface area contributed by atoms with Crippen molar-refractivity contribution in [3.05, 3.63) is 53.8 Å². The SMILES string of the molecule is CC1(C)OC(C=O)Nc2ccc(-c3ccc(F)cc3)cc21. The minimum atomic E-state index is -0.635. The van der Waals surface area contributed by atoms with Crippen molar-refractivity contribution >= 4 is 12.0 Å². The van der Waals surface area contributed by atoms with Gasteiger partial charge in [0, 0.05) is 11.3 Å². The lowest BCUT2D eigenvalue weighted by Crippen LogP contribution is -2.39. The molecule has 0 saturated heterocycles. The van der Waals surface area contributed by atoms with Gasteiger partial charge in [-0.1, -0.05) is 18.2 Å². The van der Waals surface area contributed by atoms with Crippen LogP contribution < -0.4 is 5.32 Å². The third-order valence-corrected chi connectivity index (χ3v) is 3.69. The molecule has 1 aliphatic rings. The van der Waals surface area contributed by atoms with Gasteiger partial charge in [0.1, 0.15) is 5.82 Å². The Morgan fingerprint density at radius 3 is 2.48 bits per heavy atom. The number of rotatable bonds is 2. The Morgan fingerprint density at radius 2 is 1.81 bits per heavy atom. The van der Waals surface area contributed by atoms with Crippen LogP contribution in [0.15, 0.2) is 42.5 Å². The van der Waals surface area contributed by atoms with Crippen molar-refractivity contribution in [2.24, 2.45) is 0 Å². The fraction of sp³-hybridized carbons (Fsp3) is 0.235. The summed E-state index contributed by atoms with van der Waals surface area (Å²) in [6.07, 6.45) is 0.114. The summed E-state index contributed by atoms with van der Waals surface area (Å²) in [4.78, 5) is 11.0. The van der Waals surface area contributed by atoms with Crippen LogP contribution >= 0.6 is 0 Å². The first-order valence-electron chi connectivity index (χ1n) is 6.80. The normalized spacial score (nSPS) is 19.5. The van der Waals surface area contributed by atoms with Gasteiger partial charge in [-0.25, -0.2) is 4.39 Å². The molecule has 2 aromatic carbocycles. The molecule has 0 amide bonds. The van der Waals surface area contributed by atoms with Gasteiger partial charge in [-0.05, 0) is 49.2 Å². The smallest absolute Gasteiger partial charge is 0.185 e. The van der Waals surface area contributed by atoms with Crippen LogP contribution in [-0.2, 0) is 15.1 Å². The van der Waals surface area contributed by atoms with E-state index in [-0.39, 0.29) is 5.82 Å². The fourth-order valence-corrected chi connectivity index (χ4v) is 2.62. The molecule has 0 spiro atoms. The first kappa shape index (κ1) is 13.8. The lowest BCUT2D eigenvalue weighted by molar-refractivity contribution is -0.128. The molecule has 108 valence electrons. The highest BCUT2D eigenvalue weighted by Crippen LogP contribution is 2.38. The average Bonchev–Trinajstić information content (AvgIpc) is 2.47. The Labute approximate surface area is 122 Å². The first-order chi connectivity index (χ1) is 9.99. The van der Waals surface area contributed by atoms with Gasteiger partial charge in [0.25, 0.3) is 0 Å². The summed E-state index contributed by atoms with van der Waals surface area (Å²) in [5.41, 5.74) is 3.21. The highest BCUT2D eigenvalue weighted by atomic mass is 19.1. The predicted octanol–water partition coefficient (Wildman–Crippen LogP) is 3.69. The Morgan fingerprint density at radius 1 is 1.14 bits per heavy atom. The van der Waals surface area contributed by atoms with Crippen LogP contribution in [0.5, 0.6) is 0 Å². The molecule has 0 radical (unpaired) electrons. The van der Waals surface area contributed by atoms with Gasteiger partial charge in [-0.3, -0.25) is 4.79 Å². The molecule has 0 bridgehead atoms. The van der Waals surface area contributed by atoms with Crippen LogP contribution in [0.25, 0.3) is 11.1 Å². The van der Waals surface area contributed by atoms with Crippen LogP contribution in [0.3, 0.4) is 0 Å². The molecule has 1 aliphatic heterocycles. The highest BCUT2D eigenvalue weighted by Gasteiger charge is 2.33. The molecule has 2 aromatic rings. The molecule has 0 saturated carbocycles. The maximum atomic E-state index is 13.0. The van der Waals surface area contributed by atoms with Crippen LogP contribution in [0.4, 0.5) is 10.1 Å². The number of benzene rings is 2. The number of ether oxygens (including phenoxy) is 1. The number of aldehydes is 1. The van der Waals surface area contributed by atoms with Gasteiger partial charge < -0.3 is 10.1 Å². The van der Waals surface area contributed by atoms with Crippen LogP contribution in [0, 0.1) is 5.82 Å². The minimum absolute atomic E-state index is 0.254. The lowest BCUT2D eigenvalue weighted by atomic mass is 9.91. The predicted molar refractivity (Wildman–Crippen MR) is 79.4 cm³/mol. The summed E-state index contributed by atoms with van der Waals surface area (Å²) in [6.45, 7) is 3.86. The quantitative estimate of drug-likeness (QED) is 0.855. The lowest BCUT2D eigenvalue weighted by Gasteiger charge is -2.37. The second-order valence-corrected chi connectivity index (χ2v) is 5.60. The molecule has 3 rings (SSSR count). The van der Waals surface area contributed by atoms with E-state index in [1.54, 1.807) is 12.1 Å². The second-order valence-electron chi connectivity index (χ2n) is 5.60. The molecule has 21 heavy (non-hydrogen) atoms. The van der Waals surface area contributed by atoms with Gasteiger partial charge in [0.2, 0.25) is 0 Å². The van der Waals surface area contributed by atoms with Crippen molar-refractivity contribution in [3.8, 4) is 11.1 Å². The fourth-order valence-electron chi connectivity index (χ4n) is 2.62. The highest BCUT2D eigenvalue weighted by molar-refractivity contribution is 5.72. The van der Waals surface area contributed by atoms with Crippen molar-refractivity contribution in [2.45, 2.75) is 25.7 Å². The molecule has 1 N–H and O–H groups in total. The summed E-state index contributed by atoms with van der Waals surface area (Å²) in [5.74, 6) is -0.254. The zero-order valence-electron chi connectivity index (χ0n) is 11.9. The van der Waals surface area contributed by atoms with Gasteiger partial charge in [0.15, 0.2) is 12.5 Å². The van der Waals surface area contributed by atoms with E-state index < -0.39 is 11.8 Å². The van der Waals surface area contributed by atoms with E-state index in [1.807, 2.05) is 32.0 Å². The van der Waals surface area contributed by atoms with E-state index >= 15 is 0 Å². The summed E-state index contributed by atoms with van der Waals surface area (Å²) >= 11 is 0. The summed E-state index contributed by atoms with van der Waals surface area (Å²) in [5, 5.41) is 3.04. The van der Waals surface area contributed by atoms with E-state index in [1.165, 1.54) is 12.1 Å². The van der Waals surface area contributed by atoms with Crippen molar-refractivity contribution in [1.82, 2.24) is 0 Å². The van der Waals surface area contributed by atoms with Crippen molar-refractivity contribution in [1.29, 1.82) is 0 Å². The number of carbonyl (C=O) groups is 1. The Balaban J connectivity index is 2.05. The molecule has 0 fully saturated rings. The van der Waals surface area contributed by atoms with Crippen LogP contribution in [0.1, 0.15) is 19.4 Å². The van der Waals surface area contributed by atoms with E-state index in [4.69, 9.17) is 4.74 Å². The number of hydrogen-bond acceptors (Lipinski definition) is 3. The van der Waals surface area contributed by atoms with E-state index in [2.05, 4.69) is 5.32 Å². The van der Waals surface area contributed by atoms with Crippen LogP contribution in [-0.4, -0.2) is 12.5 Å². The van der Waals surface area contributed by atoms with Gasteiger partial charge in [-0.15, -0.1) is 0 Å². The number of fused-ring (bicyclic) bond motifs is 1. The Kier molecular flexibility index (Phi) is 3.26. The topological polar surface area (TPSA) is 38.3 Å². The number of nitrogens with one attached hydrogen (secondary N) is 1. The Bertz CT molecular complexity index is 680. The molecule has 3 nitrogen and oxygen atoms in total. The number of halogens is 1. The zero-order valence-corrected chi connectivity index (χ0v) is 11.9. The summed E-state index contributed by atoms with van der Waals surface area (Å²) in [7, 11) is 0. The average molecular weight is 285 g/mol. The standard InChI is InChI=1S/C17H16FNO2/c1-17(2)14-9-12(11-3-6-13(18)7-4-11)5-8-15(14)19-16(10-20)21-17/h3-10,16,19H,1-2H3. The number of carbonyl (C=O) groups excluding carboxylic acids is 1. The third kappa shape index (κ3) is 2.54. The minimum Gasteiger partial charge on any atom is -0.354 e. The number of hydrogen-bond donors (Lipinski definition) is 1. The first-order valence-corrected chi connectivity index (χ1v) is 6.80. The van der Waals surface area contributed by atoms with Crippen molar-refractivity contribution in [2.75, 3.05) is 5.32 Å². The second kappa shape index (κ2) is 4.97. The Hall–Kier alpha value is -2.20. The maximum absolute atomic E-state index is 13.0. The third-order valence-electron chi connectivity index (χ3n) is 3.69. The zero-order chi connectivity index (χ0) is 15.0. The van der Waals surface area contributed by atoms with E-state index in [9.17, 15) is 9.18 Å². The van der Waals surface area contributed by atoms with Gasteiger partial charge in [0.05, 0.1) is 5.60 Å². The molecular formula is C17H16FNO2. The maximum Gasteiger partial charge on any atom is 0.185 e. The summed E-state index contributed by atoms with van der Waals surface area (Å²) in [6, 6.07) is 12.3. The molecule has 1 heterocycles. The summed E-state index contributed by atoms with van der Waals surface area (Å²) < 4.78 is 18.7. The molecule has 4 heteroatoms. The van der Waals surface area contributed by atoms with E-state index in [0.29, 0.717) is 0 Å². The van der Waals surface area contributed by atoms with Crippen LogP contribution in [0.2, 0.25) is 0 Å². The molecular weight excluding hydrogens is 269 g/mol. The van der Waals surface area contributed by atoms with Crippen molar-refractivity contribution in [3.63, 3.8) is 0 Å². The number of anilines is 1. The van der Waals surface area contributed by atoms with Crippen molar-refractivity contribution < 1.29 is 13.9 Å².